The van der Waals surface area contributed by atoms with Gasteiger partial charge < -0.3 is 34.7 Å². The Labute approximate surface area is 209 Å². The molecule has 1 aliphatic carbocycles. The maximum Gasteiger partial charge on any atom is 0.231 e. The van der Waals surface area contributed by atoms with Crippen LogP contribution in [0.25, 0.3) is 0 Å². The minimum Gasteiger partial charge on any atom is -0.487 e. The number of benzene rings is 2. The number of rotatable bonds is 8. The molecule has 0 spiro atoms. The van der Waals surface area contributed by atoms with Gasteiger partial charge in [0.25, 0.3) is 0 Å². The summed E-state index contributed by atoms with van der Waals surface area (Å²) in [5, 5.41) is 15.9. The fourth-order valence-electron chi connectivity index (χ4n) is 5.29. The first-order chi connectivity index (χ1) is 17.6. The zero-order valence-corrected chi connectivity index (χ0v) is 19.9. The Bertz CT molecular complexity index is 1160. The molecule has 2 amide bonds. The molecule has 4 atom stereocenters. The van der Waals surface area contributed by atoms with Gasteiger partial charge in [0.1, 0.15) is 18.0 Å². The van der Waals surface area contributed by atoms with Gasteiger partial charge in [0.2, 0.25) is 18.6 Å². The average molecular weight is 495 g/mol. The molecule has 2 fully saturated rings. The van der Waals surface area contributed by atoms with Crippen LogP contribution in [-0.4, -0.2) is 48.6 Å². The smallest absolute Gasteiger partial charge is 0.231 e. The number of hydrogen-bond donors (Lipinski definition) is 3. The molecule has 0 bridgehead atoms. The molecule has 0 aromatic heterocycles. The van der Waals surface area contributed by atoms with Crippen molar-refractivity contribution in [2.75, 3.05) is 18.7 Å². The fourth-order valence-corrected chi connectivity index (χ4v) is 5.29. The van der Waals surface area contributed by atoms with Gasteiger partial charge in [0.05, 0.1) is 19.1 Å². The first-order valence-electron chi connectivity index (χ1n) is 12.6. The van der Waals surface area contributed by atoms with E-state index in [2.05, 4.69) is 10.6 Å². The lowest BCUT2D eigenvalue weighted by atomic mass is 9.84. The minimum absolute atomic E-state index is 0.0298. The Balaban J connectivity index is 1.09. The molecular formula is C27H30N2O7. The van der Waals surface area contributed by atoms with Gasteiger partial charge in [-0.15, -0.1) is 0 Å². The Hall–Kier alpha value is -3.30. The lowest BCUT2D eigenvalue weighted by Crippen LogP contribution is -2.47. The van der Waals surface area contributed by atoms with E-state index in [1.807, 2.05) is 36.4 Å². The van der Waals surface area contributed by atoms with E-state index in [0.717, 1.165) is 35.4 Å². The average Bonchev–Trinajstić information content (AvgIpc) is 3.42. The number of amides is 2. The van der Waals surface area contributed by atoms with Crippen LogP contribution in [0.15, 0.2) is 36.4 Å². The predicted molar refractivity (Wildman–Crippen MR) is 129 cm³/mol. The number of fused-ring (bicyclic) bond motifs is 4. The standard InChI is InChI=1S/C27H30N2O7/c30-13-24-27-20(19-9-17(4-6-21(19)36-27)29-26(32)8-15-1-2-15)10-18(35-24)11-25(31)28-12-16-3-5-22-23(7-16)34-14-33-22/h3-7,9,15,18,20,24,27,30H,1-2,8,10-14H2,(H,28,31)(H,29,32)/t18-,20+,24-,27-/m0/s1. The molecule has 1 saturated heterocycles. The molecule has 6 rings (SSSR count). The quantitative estimate of drug-likeness (QED) is 0.517. The summed E-state index contributed by atoms with van der Waals surface area (Å²) in [5.41, 5.74) is 2.64. The summed E-state index contributed by atoms with van der Waals surface area (Å²) in [6.07, 6.45) is 2.37. The van der Waals surface area contributed by atoms with Crippen LogP contribution in [0.5, 0.6) is 17.2 Å². The van der Waals surface area contributed by atoms with E-state index in [4.69, 9.17) is 18.9 Å². The van der Waals surface area contributed by atoms with Crippen LogP contribution < -0.4 is 24.8 Å². The van der Waals surface area contributed by atoms with Crippen molar-refractivity contribution in [2.24, 2.45) is 5.92 Å². The van der Waals surface area contributed by atoms with Crippen molar-refractivity contribution in [2.45, 2.75) is 62.9 Å². The third kappa shape index (κ3) is 4.85. The lowest BCUT2D eigenvalue weighted by molar-refractivity contribution is -0.142. The van der Waals surface area contributed by atoms with E-state index in [-0.39, 0.29) is 49.8 Å². The van der Waals surface area contributed by atoms with E-state index < -0.39 is 6.10 Å². The van der Waals surface area contributed by atoms with Crippen LogP contribution in [0, 0.1) is 5.92 Å². The number of nitrogens with one attached hydrogen (secondary N) is 2. The predicted octanol–water partition coefficient (Wildman–Crippen LogP) is 2.85. The van der Waals surface area contributed by atoms with E-state index in [9.17, 15) is 14.7 Å². The molecule has 0 radical (unpaired) electrons. The van der Waals surface area contributed by atoms with Crippen molar-refractivity contribution in [1.29, 1.82) is 0 Å². The van der Waals surface area contributed by atoms with Gasteiger partial charge >= 0.3 is 0 Å². The molecule has 190 valence electrons. The van der Waals surface area contributed by atoms with Gasteiger partial charge in [-0.2, -0.15) is 0 Å². The monoisotopic (exact) mass is 494 g/mol. The molecule has 4 aliphatic rings. The Kier molecular flexibility index (Phi) is 6.18. The maximum atomic E-state index is 12.7. The molecule has 9 nitrogen and oxygen atoms in total. The number of aliphatic hydroxyl groups excluding tert-OH is 1. The van der Waals surface area contributed by atoms with Gasteiger partial charge in [0, 0.05) is 30.1 Å². The zero-order chi connectivity index (χ0) is 24.6. The van der Waals surface area contributed by atoms with E-state index in [1.165, 1.54) is 0 Å². The van der Waals surface area contributed by atoms with Gasteiger partial charge in [0.15, 0.2) is 11.5 Å². The van der Waals surface area contributed by atoms with Gasteiger partial charge in [-0.25, -0.2) is 0 Å². The molecule has 3 heterocycles. The van der Waals surface area contributed by atoms with E-state index in [1.54, 1.807) is 0 Å². The van der Waals surface area contributed by atoms with Crippen molar-refractivity contribution in [3.05, 3.63) is 47.5 Å². The van der Waals surface area contributed by atoms with Crippen LogP contribution >= 0.6 is 0 Å². The number of ether oxygens (including phenoxy) is 4. The number of hydrogen-bond acceptors (Lipinski definition) is 7. The van der Waals surface area contributed by atoms with Crippen LogP contribution in [0.4, 0.5) is 5.69 Å². The molecule has 0 unspecified atom stereocenters. The summed E-state index contributed by atoms with van der Waals surface area (Å²) < 4.78 is 22.9. The van der Waals surface area contributed by atoms with E-state index in [0.29, 0.717) is 36.8 Å². The molecular weight excluding hydrogens is 464 g/mol. The van der Waals surface area contributed by atoms with Gasteiger partial charge in [-0.3, -0.25) is 9.59 Å². The molecule has 9 heteroatoms. The second-order valence-electron chi connectivity index (χ2n) is 10.0. The van der Waals surface area contributed by atoms with Crippen molar-refractivity contribution < 1.29 is 33.6 Å². The topological polar surface area (TPSA) is 115 Å². The molecule has 2 aromatic carbocycles. The Morgan fingerprint density at radius 2 is 1.81 bits per heavy atom. The first-order valence-corrected chi connectivity index (χ1v) is 12.6. The third-order valence-corrected chi connectivity index (χ3v) is 7.29. The molecule has 36 heavy (non-hydrogen) atoms. The molecule has 3 N–H and O–H groups in total. The Morgan fingerprint density at radius 3 is 2.64 bits per heavy atom. The highest BCUT2D eigenvalue weighted by atomic mass is 16.7. The molecule has 2 aromatic rings. The number of carbonyl (C=O) groups is 2. The summed E-state index contributed by atoms with van der Waals surface area (Å²) in [6, 6.07) is 11.3. The normalized spacial score (nSPS) is 25.5. The summed E-state index contributed by atoms with van der Waals surface area (Å²) >= 11 is 0. The summed E-state index contributed by atoms with van der Waals surface area (Å²) in [4.78, 5) is 25.0. The highest BCUT2D eigenvalue weighted by Crippen LogP contribution is 2.47. The SMILES string of the molecule is O=C(C[C@@H]1C[C@@H]2c3cc(NC(=O)CC4CC4)ccc3O[C@@H]2[C@H](CO)O1)NCc1ccc2c(c1)OCO2. The highest BCUT2D eigenvalue weighted by molar-refractivity contribution is 5.91. The highest BCUT2D eigenvalue weighted by Gasteiger charge is 2.46. The third-order valence-electron chi connectivity index (χ3n) is 7.29. The largest absolute Gasteiger partial charge is 0.487 e. The zero-order valence-electron chi connectivity index (χ0n) is 19.9. The van der Waals surface area contributed by atoms with E-state index >= 15 is 0 Å². The summed E-state index contributed by atoms with van der Waals surface area (Å²) in [6.45, 7) is 0.377. The lowest BCUT2D eigenvalue weighted by Gasteiger charge is -2.37. The van der Waals surface area contributed by atoms with Crippen molar-refractivity contribution in [3.63, 3.8) is 0 Å². The van der Waals surface area contributed by atoms with Gasteiger partial charge in [-0.1, -0.05) is 6.07 Å². The van der Waals surface area contributed by atoms with Crippen LogP contribution in [0.1, 0.15) is 49.1 Å². The number of anilines is 1. The second kappa shape index (κ2) is 9.63. The second-order valence-corrected chi connectivity index (χ2v) is 10.0. The van der Waals surface area contributed by atoms with Crippen LogP contribution in [0.2, 0.25) is 0 Å². The molecule has 3 aliphatic heterocycles. The first kappa shape index (κ1) is 23.1. The maximum absolute atomic E-state index is 12.7. The van der Waals surface area contributed by atoms with Crippen molar-refractivity contribution >= 4 is 17.5 Å². The van der Waals surface area contributed by atoms with Gasteiger partial charge in [-0.05, 0) is 61.1 Å². The Morgan fingerprint density at radius 1 is 0.972 bits per heavy atom. The van der Waals surface area contributed by atoms with Crippen LogP contribution in [0.3, 0.4) is 0 Å². The number of aliphatic hydroxyl groups is 1. The fraction of sp³-hybridized carbons (Fsp3) is 0.481. The van der Waals surface area contributed by atoms with Crippen molar-refractivity contribution in [3.8, 4) is 17.2 Å². The van der Waals surface area contributed by atoms with Crippen LogP contribution in [-0.2, 0) is 20.9 Å². The molecule has 1 saturated carbocycles. The summed E-state index contributed by atoms with van der Waals surface area (Å²) in [5.74, 6) is 2.51. The van der Waals surface area contributed by atoms with Crippen molar-refractivity contribution in [1.82, 2.24) is 5.32 Å². The minimum atomic E-state index is -0.532. The summed E-state index contributed by atoms with van der Waals surface area (Å²) in [7, 11) is 0. The number of carbonyl (C=O) groups excluding carboxylic acids is 2.